The van der Waals surface area contributed by atoms with Gasteiger partial charge in [-0.05, 0) is 23.8 Å². The van der Waals surface area contributed by atoms with Gasteiger partial charge >= 0.3 is 0 Å². The molecule has 0 aliphatic carbocycles. The molecule has 0 amide bonds. The summed E-state index contributed by atoms with van der Waals surface area (Å²) in [6.45, 7) is 4.45. The second-order valence-electron chi connectivity index (χ2n) is 6.54. The fourth-order valence-corrected chi connectivity index (χ4v) is 3.09. The molecule has 1 aromatic carbocycles. The number of hydrogen-bond acceptors (Lipinski definition) is 6. The molecule has 1 saturated heterocycles. The van der Waals surface area contributed by atoms with E-state index in [1.807, 2.05) is 4.90 Å². The average molecular weight is 375 g/mol. The third-order valence-corrected chi connectivity index (χ3v) is 4.67. The fraction of sp³-hybridized carbons (Fsp3) is 0.368. The molecule has 0 saturated carbocycles. The Kier molecular flexibility index (Phi) is 6.20. The van der Waals surface area contributed by atoms with Crippen LogP contribution in [-0.2, 0) is 22.6 Å². The van der Waals surface area contributed by atoms with Crippen LogP contribution in [0.15, 0.2) is 41.3 Å². The minimum Gasteiger partial charge on any atom is -0.503 e. The largest absolute Gasteiger partial charge is 0.503 e. The van der Waals surface area contributed by atoms with Gasteiger partial charge in [0, 0.05) is 44.5 Å². The van der Waals surface area contributed by atoms with Crippen LogP contribution in [0.25, 0.3) is 0 Å². The van der Waals surface area contributed by atoms with Crippen LogP contribution >= 0.6 is 0 Å². The molecule has 3 rings (SSSR count). The highest BCUT2D eigenvalue weighted by molar-refractivity contribution is 5.36. The molecule has 1 aliphatic rings. The minimum atomic E-state index is -0.463. The van der Waals surface area contributed by atoms with Gasteiger partial charge in [0.25, 0.3) is 12.0 Å². The van der Waals surface area contributed by atoms with Crippen molar-refractivity contribution >= 4 is 6.47 Å². The van der Waals surface area contributed by atoms with Gasteiger partial charge in [0.2, 0.25) is 0 Å². The first-order chi connectivity index (χ1) is 13.1. The Hall–Kier alpha value is -2.71. The van der Waals surface area contributed by atoms with E-state index >= 15 is 0 Å². The second kappa shape index (κ2) is 8.79. The predicted molar refractivity (Wildman–Crippen MR) is 96.7 cm³/mol. The Morgan fingerprint density at radius 3 is 2.37 bits per heavy atom. The normalized spacial score (nSPS) is 15.6. The number of halogens is 1. The van der Waals surface area contributed by atoms with Gasteiger partial charge in [-0.2, -0.15) is 0 Å². The number of carbonyl (C=O) groups excluding carboxylic acids is 1. The van der Waals surface area contributed by atoms with Crippen molar-refractivity contribution in [2.75, 3.05) is 32.9 Å². The predicted octanol–water partition coefficient (Wildman–Crippen LogP) is 0.989. The van der Waals surface area contributed by atoms with E-state index in [0.717, 1.165) is 31.7 Å². The van der Waals surface area contributed by atoms with E-state index in [1.54, 1.807) is 24.4 Å². The summed E-state index contributed by atoms with van der Waals surface area (Å²) < 4.78 is 19.1. The molecule has 144 valence electrons. The van der Waals surface area contributed by atoms with Gasteiger partial charge in [0.15, 0.2) is 5.75 Å². The number of hydrogen-bond donors (Lipinski definition) is 1. The van der Waals surface area contributed by atoms with Crippen molar-refractivity contribution in [3.05, 3.63) is 63.8 Å². The van der Waals surface area contributed by atoms with Gasteiger partial charge in [-0.25, -0.2) is 4.39 Å². The average Bonchev–Trinajstić information content (AvgIpc) is 2.69. The monoisotopic (exact) mass is 375 g/mol. The summed E-state index contributed by atoms with van der Waals surface area (Å²) in [5.74, 6) is -0.589. The maximum absolute atomic E-state index is 13.0. The number of pyridine rings is 1. The topological polar surface area (TPSA) is 75.0 Å². The zero-order chi connectivity index (χ0) is 19.2. The summed E-state index contributed by atoms with van der Waals surface area (Å²) >= 11 is 0. The molecule has 0 atom stereocenters. The van der Waals surface area contributed by atoms with E-state index in [1.165, 1.54) is 16.7 Å². The summed E-state index contributed by atoms with van der Waals surface area (Å²) in [6.07, 6.45) is 1.65. The van der Waals surface area contributed by atoms with Gasteiger partial charge in [-0.3, -0.25) is 19.4 Å². The zero-order valence-electron chi connectivity index (χ0n) is 14.9. The molecule has 0 spiro atoms. The molecule has 7 nitrogen and oxygen atoms in total. The molecule has 2 heterocycles. The maximum atomic E-state index is 13.0. The van der Waals surface area contributed by atoms with Crippen molar-refractivity contribution in [3.8, 4) is 5.75 Å². The Labute approximate surface area is 156 Å². The quantitative estimate of drug-likeness (QED) is 0.728. The number of rotatable bonds is 7. The Morgan fingerprint density at radius 1 is 1.04 bits per heavy atom. The third kappa shape index (κ3) is 4.93. The molecule has 0 unspecified atom stereocenters. The number of aromatic hydroxyl groups is 1. The van der Waals surface area contributed by atoms with Gasteiger partial charge in [-0.15, -0.1) is 0 Å². The van der Waals surface area contributed by atoms with Gasteiger partial charge in [0.05, 0.1) is 6.54 Å². The van der Waals surface area contributed by atoms with Gasteiger partial charge in [-0.1, -0.05) is 12.1 Å². The van der Waals surface area contributed by atoms with Crippen LogP contribution in [0.5, 0.6) is 5.75 Å². The number of aromatic nitrogens is 1. The molecule has 27 heavy (non-hydrogen) atoms. The summed E-state index contributed by atoms with van der Waals surface area (Å²) in [5, 5.41) is 10.3. The molecule has 1 fully saturated rings. The van der Waals surface area contributed by atoms with Gasteiger partial charge < -0.3 is 14.4 Å². The molecular weight excluding hydrogens is 353 g/mol. The standard InChI is InChI=1S/C19H22FN3O4/c20-17-3-1-15(2-4-17)11-23-6-5-16(18(25)19(23)26)12-21-7-9-22(10-8-21)13-27-14-24/h1-6,14,25H,7-13H2. The summed E-state index contributed by atoms with van der Waals surface area (Å²) in [6, 6.07) is 7.64. The molecule has 0 bridgehead atoms. The molecule has 0 radical (unpaired) electrons. The van der Waals surface area contributed by atoms with Crippen molar-refractivity contribution in [1.82, 2.24) is 14.4 Å². The second-order valence-corrected chi connectivity index (χ2v) is 6.54. The first-order valence-electron chi connectivity index (χ1n) is 8.72. The lowest BCUT2D eigenvalue weighted by molar-refractivity contribution is -0.134. The van der Waals surface area contributed by atoms with Gasteiger partial charge in [0.1, 0.15) is 12.5 Å². The van der Waals surface area contributed by atoms with E-state index in [9.17, 15) is 19.1 Å². The fourth-order valence-electron chi connectivity index (χ4n) is 3.09. The molecule has 2 aromatic rings. The summed E-state index contributed by atoms with van der Waals surface area (Å²) in [5.41, 5.74) is 0.891. The van der Waals surface area contributed by atoms with Crippen LogP contribution in [0.1, 0.15) is 11.1 Å². The van der Waals surface area contributed by atoms with E-state index in [-0.39, 0.29) is 24.8 Å². The highest BCUT2D eigenvalue weighted by Gasteiger charge is 2.19. The number of nitrogens with zero attached hydrogens (tertiary/aromatic N) is 3. The SMILES string of the molecule is O=COCN1CCN(Cc2ccn(Cc3ccc(F)cc3)c(=O)c2O)CC1. The van der Waals surface area contributed by atoms with Crippen molar-refractivity contribution in [3.63, 3.8) is 0 Å². The van der Waals surface area contributed by atoms with E-state index in [0.29, 0.717) is 18.6 Å². The highest BCUT2D eigenvalue weighted by Crippen LogP contribution is 2.16. The van der Waals surface area contributed by atoms with E-state index < -0.39 is 5.56 Å². The number of ether oxygens (including phenoxy) is 1. The zero-order valence-corrected chi connectivity index (χ0v) is 14.9. The van der Waals surface area contributed by atoms with Crippen LogP contribution in [0.4, 0.5) is 4.39 Å². The van der Waals surface area contributed by atoms with Crippen molar-refractivity contribution < 1.29 is 19.0 Å². The first-order valence-corrected chi connectivity index (χ1v) is 8.72. The van der Waals surface area contributed by atoms with Crippen molar-refractivity contribution in [2.45, 2.75) is 13.1 Å². The lowest BCUT2D eigenvalue weighted by Gasteiger charge is -2.33. The first kappa shape index (κ1) is 19.1. The van der Waals surface area contributed by atoms with Crippen LogP contribution in [0.2, 0.25) is 0 Å². The lowest BCUT2D eigenvalue weighted by Crippen LogP contribution is -2.46. The smallest absolute Gasteiger partial charge is 0.294 e. The number of piperazine rings is 1. The van der Waals surface area contributed by atoms with Crippen LogP contribution < -0.4 is 5.56 Å². The molecule has 1 aromatic heterocycles. The van der Waals surface area contributed by atoms with Crippen LogP contribution in [-0.4, -0.2) is 58.9 Å². The van der Waals surface area contributed by atoms with Crippen molar-refractivity contribution in [1.29, 1.82) is 0 Å². The number of carbonyl (C=O) groups is 1. The third-order valence-electron chi connectivity index (χ3n) is 4.67. The Morgan fingerprint density at radius 2 is 1.70 bits per heavy atom. The summed E-state index contributed by atoms with van der Waals surface area (Å²) in [4.78, 5) is 26.8. The van der Waals surface area contributed by atoms with E-state index in [4.69, 9.17) is 4.74 Å². The molecule has 1 N–H and O–H groups in total. The molecule has 8 heteroatoms. The Balaban J connectivity index is 1.62. The van der Waals surface area contributed by atoms with E-state index in [2.05, 4.69) is 4.90 Å². The highest BCUT2D eigenvalue weighted by atomic mass is 19.1. The lowest BCUT2D eigenvalue weighted by atomic mass is 10.2. The number of benzene rings is 1. The molecular formula is C19H22FN3O4. The van der Waals surface area contributed by atoms with Crippen LogP contribution in [0, 0.1) is 5.82 Å². The van der Waals surface area contributed by atoms with Crippen molar-refractivity contribution in [2.24, 2.45) is 0 Å². The maximum Gasteiger partial charge on any atom is 0.294 e. The summed E-state index contributed by atoms with van der Waals surface area (Å²) in [7, 11) is 0. The molecule has 1 aliphatic heterocycles. The minimum absolute atomic E-state index is 0.258. The van der Waals surface area contributed by atoms with Crippen LogP contribution in [0.3, 0.4) is 0 Å². The Bertz CT molecular complexity index is 830.